The van der Waals surface area contributed by atoms with Gasteiger partial charge in [-0.3, -0.25) is 4.79 Å². The average Bonchev–Trinajstić information content (AvgIpc) is 2.62. The maximum atomic E-state index is 13.2. The van der Waals surface area contributed by atoms with Gasteiger partial charge in [0.15, 0.2) is 11.5 Å². The Hall–Kier alpha value is -1.85. The number of hydrogen-bond donors (Lipinski definition) is 1. The summed E-state index contributed by atoms with van der Waals surface area (Å²) in [6.07, 6.45) is -0.379. The van der Waals surface area contributed by atoms with E-state index in [0.29, 0.717) is 0 Å². The molecule has 1 heterocycles. The maximum absolute atomic E-state index is 13.2. The first-order chi connectivity index (χ1) is 7.88. The van der Waals surface area contributed by atoms with Crippen LogP contribution in [0.25, 0.3) is 0 Å². The van der Waals surface area contributed by atoms with E-state index < -0.39 is 11.9 Å². The van der Waals surface area contributed by atoms with Crippen molar-refractivity contribution in [2.45, 2.75) is 19.3 Å². The van der Waals surface area contributed by atoms with Gasteiger partial charge in [0.2, 0.25) is 6.79 Å². The first kappa shape index (κ1) is 11.6. The van der Waals surface area contributed by atoms with Gasteiger partial charge < -0.3 is 14.6 Å². The lowest BCUT2D eigenvalue weighted by atomic mass is 10.0. The summed E-state index contributed by atoms with van der Waals surface area (Å²) in [5.74, 6) is -3.76. The monoisotopic (exact) mass is 244 g/mol. The highest BCUT2D eigenvalue weighted by atomic mass is 19.3. The van der Waals surface area contributed by atoms with E-state index in [1.807, 2.05) is 0 Å². The number of alkyl halides is 2. The van der Waals surface area contributed by atoms with Crippen LogP contribution in [0.5, 0.6) is 11.5 Å². The molecule has 0 aromatic heterocycles. The predicted octanol–water partition coefficient (Wildman–Crippen LogP) is 2.15. The van der Waals surface area contributed by atoms with E-state index in [0.717, 1.165) is 13.0 Å². The predicted molar refractivity (Wildman–Crippen MR) is 53.5 cm³/mol. The molecule has 4 nitrogen and oxygen atoms in total. The number of benzene rings is 1. The summed E-state index contributed by atoms with van der Waals surface area (Å²) in [5.41, 5.74) is -0.0815. The van der Waals surface area contributed by atoms with Crippen molar-refractivity contribution in [2.75, 3.05) is 6.79 Å². The second kappa shape index (κ2) is 3.87. The molecule has 6 heteroatoms. The van der Waals surface area contributed by atoms with Crippen molar-refractivity contribution < 1.29 is 28.2 Å². The fraction of sp³-hybridized carbons (Fsp3) is 0.364. The largest absolute Gasteiger partial charge is 0.481 e. The van der Waals surface area contributed by atoms with Gasteiger partial charge in [-0.1, -0.05) is 0 Å². The van der Waals surface area contributed by atoms with Crippen LogP contribution in [-0.4, -0.2) is 17.9 Å². The zero-order valence-corrected chi connectivity index (χ0v) is 9.00. The molecule has 0 saturated carbocycles. The molecule has 92 valence electrons. The molecule has 1 aliphatic heterocycles. The Balaban J connectivity index is 2.49. The molecule has 0 spiro atoms. The quantitative estimate of drug-likeness (QED) is 0.885. The van der Waals surface area contributed by atoms with E-state index in [1.165, 1.54) is 6.07 Å². The number of aliphatic carboxylic acids is 1. The van der Waals surface area contributed by atoms with E-state index in [2.05, 4.69) is 0 Å². The van der Waals surface area contributed by atoms with E-state index in [1.54, 1.807) is 0 Å². The maximum Gasteiger partial charge on any atom is 0.307 e. The van der Waals surface area contributed by atoms with Gasteiger partial charge in [-0.05, 0) is 12.1 Å². The van der Waals surface area contributed by atoms with Crippen LogP contribution in [0.2, 0.25) is 0 Å². The Morgan fingerprint density at radius 1 is 1.47 bits per heavy atom. The van der Waals surface area contributed by atoms with Crippen LogP contribution < -0.4 is 9.47 Å². The van der Waals surface area contributed by atoms with Gasteiger partial charge in [0.1, 0.15) is 0 Å². The van der Waals surface area contributed by atoms with Crippen molar-refractivity contribution in [3.05, 3.63) is 23.3 Å². The Morgan fingerprint density at radius 3 is 2.76 bits per heavy atom. The van der Waals surface area contributed by atoms with Crippen LogP contribution in [-0.2, 0) is 17.1 Å². The van der Waals surface area contributed by atoms with Crippen molar-refractivity contribution in [3.63, 3.8) is 0 Å². The minimum absolute atomic E-state index is 0.0826. The Morgan fingerprint density at radius 2 is 2.18 bits per heavy atom. The Labute approximate surface area is 95.8 Å². The summed E-state index contributed by atoms with van der Waals surface area (Å²) in [7, 11) is 0. The molecule has 0 radical (unpaired) electrons. The summed E-state index contributed by atoms with van der Waals surface area (Å²) in [4.78, 5) is 10.6. The van der Waals surface area contributed by atoms with Gasteiger partial charge in [-0.15, -0.1) is 0 Å². The molecule has 0 amide bonds. The number of ether oxygens (including phenoxy) is 2. The molecule has 1 aromatic carbocycles. The van der Waals surface area contributed by atoms with Crippen molar-refractivity contribution in [1.82, 2.24) is 0 Å². The number of carboxylic acid groups (broad SMARTS) is 1. The van der Waals surface area contributed by atoms with Gasteiger partial charge in [0.25, 0.3) is 5.92 Å². The highest BCUT2D eigenvalue weighted by molar-refractivity contribution is 5.72. The number of carbonyl (C=O) groups is 1. The van der Waals surface area contributed by atoms with Crippen molar-refractivity contribution >= 4 is 5.97 Å². The number of rotatable bonds is 3. The highest BCUT2D eigenvalue weighted by Gasteiger charge is 2.29. The van der Waals surface area contributed by atoms with Gasteiger partial charge in [-0.25, -0.2) is 8.78 Å². The lowest BCUT2D eigenvalue weighted by molar-refractivity contribution is -0.136. The van der Waals surface area contributed by atoms with Gasteiger partial charge in [-0.2, -0.15) is 0 Å². The first-order valence-corrected chi connectivity index (χ1v) is 4.90. The lowest BCUT2D eigenvalue weighted by Gasteiger charge is -2.13. The standard InChI is InChI=1S/C11H10F2O4/c1-11(12,13)7-2-6(3-9(14)15)10-8(4-7)16-5-17-10/h2,4H,3,5H2,1H3,(H,14,15). The van der Waals surface area contributed by atoms with Crippen molar-refractivity contribution in [2.24, 2.45) is 0 Å². The molecule has 1 aliphatic rings. The molecule has 17 heavy (non-hydrogen) atoms. The zero-order chi connectivity index (χ0) is 12.6. The molecule has 0 atom stereocenters. The first-order valence-electron chi connectivity index (χ1n) is 4.90. The lowest BCUT2D eigenvalue weighted by Crippen LogP contribution is -2.09. The van der Waals surface area contributed by atoms with Crippen LogP contribution >= 0.6 is 0 Å². The Bertz CT molecular complexity index is 465. The topological polar surface area (TPSA) is 55.8 Å². The van der Waals surface area contributed by atoms with Crippen molar-refractivity contribution in [3.8, 4) is 11.5 Å². The van der Waals surface area contributed by atoms with E-state index in [9.17, 15) is 13.6 Å². The van der Waals surface area contributed by atoms with Crippen LogP contribution in [0.15, 0.2) is 12.1 Å². The molecule has 0 bridgehead atoms. The average molecular weight is 244 g/mol. The van der Waals surface area contributed by atoms with E-state index in [4.69, 9.17) is 14.6 Å². The fourth-order valence-corrected chi connectivity index (χ4v) is 1.63. The Kier molecular flexibility index (Phi) is 2.65. The van der Waals surface area contributed by atoms with Gasteiger partial charge in [0, 0.05) is 18.1 Å². The molecule has 0 saturated heterocycles. The smallest absolute Gasteiger partial charge is 0.307 e. The second-order valence-electron chi connectivity index (χ2n) is 3.83. The molecular formula is C11H10F2O4. The van der Waals surface area contributed by atoms with Gasteiger partial charge in [0.05, 0.1) is 6.42 Å². The summed E-state index contributed by atoms with van der Waals surface area (Å²) in [5, 5.41) is 8.71. The minimum atomic E-state index is -3.05. The fourth-order valence-electron chi connectivity index (χ4n) is 1.63. The molecule has 1 N–H and O–H groups in total. The number of halogens is 2. The second-order valence-corrected chi connectivity index (χ2v) is 3.83. The van der Waals surface area contributed by atoms with Crippen LogP contribution in [0.3, 0.4) is 0 Å². The summed E-state index contributed by atoms with van der Waals surface area (Å²) >= 11 is 0. The zero-order valence-electron chi connectivity index (χ0n) is 9.00. The third kappa shape index (κ3) is 2.30. The highest BCUT2D eigenvalue weighted by Crippen LogP contribution is 2.41. The molecule has 0 aliphatic carbocycles. The normalized spacial score (nSPS) is 13.8. The molecular weight excluding hydrogens is 234 g/mol. The van der Waals surface area contributed by atoms with Crippen LogP contribution in [0, 0.1) is 0 Å². The summed E-state index contributed by atoms with van der Waals surface area (Å²) < 4.78 is 36.5. The molecule has 0 unspecified atom stereocenters. The van der Waals surface area contributed by atoms with Crippen LogP contribution in [0.4, 0.5) is 8.78 Å². The van der Waals surface area contributed by atoms with E-state index >= 15 is 0 Å². The molecule has 2 rings (SSSR count). The van der Waals surface area contributed by atoms with Crippen LogP contribution in [0.1, 0.15) is 18.1 Å². The summed E-state index contributed by atoms with van der Waals surface area (Å²) in [6, 6.07) is 2.31. The number of fused-ring (bicyclic) bond motifs is 1. The molecule has 0 fully saturated rings. The third-order valence-corrected chi connectivity index (χ3v) is 2.40. The molecule has 1 aromatic rings. The van der Waals surface area contributed by atoms with Crippen molar-refractivity contribution in [1.29, 1.82) is 0 Å². The van der Waals surface area contributed by atoms with E-state index in [-0.39, 0.29) is 35.8 Å². The number of carboxylic acids is 1. The summed E-state index contributed by atoms with van der Waals surface area (Å²) in [6.45, 7) is 0.662. The third-order valence-electron chi connectivity index (χ3n) is 2.40. The van der Waals surface area contributed by atoms with Gasteiger partial charge >= 0.3 is 5.97 Å². The minimum Gasteiger partial charge on any atom is -0.481 e. The SMILES string of the molecule is CC(F)(F)c1cc(CC(=O)O)c2c(c1)OCO2. The number of hydrogen-bond acceptors (Lipinski definition) is 3.